The van der Waals surface area contributed by atoms with Crippen LogP contribution in [0.4, 0.5) is 0 Å². The van der Waals surface area contributed by atoms with Gasteiger partial charge in [0.2, 0.25) is 9.84 Å². The van der Waals surface area contributed by atoms with E-state index in [9.17, 15) is 8.42 Å². The van der Waals surface area contributed by atoms with E-state index >= 15 is 0 Å². The van der Waals surface area contributed by atoms with Crippen LogP contribution in [0.5, 0.6) is 0 Å². The quantitative estimate of drug-likeness (QED) is 0.729. The van der Waals surface area contributed by atoms with Gasteiger partial charge in [-0.1, -0.05) is 13.8 Å². The predicted molar refractivity (Wildman–Crippen MR) is 51.7 cm³/mol. The second kappa shape index (κ2) is 4.00. The Morgan fingerprint density at radius 3 is 2.07 bits per heavy atom. The minimum absolute atomic E-state index is 0.188. The van der Waals surface area contributed by atoms with Gasteiger partial charge in [-0.25, -0.2) is 13.4 Å². The molecule has 0 aromatic carbocycles. The van der Waals surface area contributed by atoms with E-state index in [1.54, 1.807) is 0 Å². The zero-order valence-corrected chi connectivity index (χ0v) is 9.30. The summed E-state index contributed by atoms with van der Waals surface area (Å²) in [6.07, 6.45) is 2.46. The molecule has 5 nitrogen and oxygen atoms in total. The first-order chi connectivity index (χ1) is 6.49. The largest absolute Gasteiger partial charge is 0.267 e. The highest BCUT2D eigenvalue weighted by atomic mass is 32.2. The maximum absolute atomic E-state index is 11.1. The van der Waals surface area contributed by atoms with Crippen LogP contribution in [0.3, 0.4) is 0 Å². The van der Waals surface area contributed by atoms with Crippen LogP contribution in [0.2, 0.25) is 0 Å². The first kappa shape index (κ1) is 11.0. The van der Waals surface area contributed by atoms with Gasteiger partial charge in [-0.3, -0.25) is 0 Å². The van der Waals surface area contributed by atoms with Crippen LogP contribution in [0.25, 0.3) is 0 Å². The Kier molecular flexibility index (Phi) is 3.15. The zero-order valence-electron chi connectivity index (χ0n) is 8.48. The third-order valence-electron chi connectivity index (χ3n) is 1.82. The van der Waals surface area contributed by atoms with Gasteiger partial charge in [-0.05, 0) is 12.8 Å². The molecule has 0 N–H and O–H groups in total. The smallest absolute Gasteiger partial charge is 0.221 e. The van der Waals surface area contributed by atoms with Gasteiger partial charge in [0, 0.05) is 6.26 Å². The summed E-state index contributed by atoms with van der Waals surface area (Å²) < 4.78 is 22.3. The summed E-state index contributed by atoms with van der Waals surface area (Å²) in [5, 5.41) is 7.23. The topological polar surface area (TPSA) is 72.8 Å². The summed E-state index contributed by atoms with van der Waals surface area (Å²) >= 11 is 0. The van der Waals surface area contributed by atoms with E-state index in [0.29, 0.717) is 18.5 Å². The molecule has 0 amide bonds. The fourth-order valence-electron chi connectivity index (χ4n) is 1.08. The fourth-order valence-corrected chi connectivity index (χ4v) is 1.54. The van der Waals surface area contributed by atoms with Crippen molar-refractivity contribution < 1.29 is 8.42 Å². The van der Waals surface area contributed by atoms with Gasteiger partial charge in [-0.15, -0.1) is 5.10 Å². The van der Waals surface area contributed by atoms with Crippen LogP contribution >= 0.6 is 0 Å². The molecule has 1 aromatic heterocycles. The Labute approximate surface area is 83.5 Å². The van der Waals surface area contributed by atoms with Gasteiger partial charge < -0.3 is 0 Å². The molecule has 0 aliphatic heterocycles. The lowest BCUT2D eigenvalue weighted by Crippen LogP contribution is -2.10. The van der Waals surface area contributed by atoms with Crippen molar-refractivity contribution in [2.45, 2.75) is 31.8 Å². The second-order valence-corrected chi connectivity index (χ2v) is 4.88. The van der Waals surface area contributed by atoms with E-state index in [4.69, 9.17) is 0 Å². The molecule has 0 atom stereocenters. The number of nitrogens with zero attached hydrogens (tertiary/aromatic N) is 3. The highest BCUT2D eigenvalue weighted by molar-refractivity contribution is 7.90. The molecule has 1 rings (SSSR count). The van der Waals surface area contributed by atoms with E-state index in [2.05, 4.69) is 15.2 Å². The number of hydrogen-bond acceptors (Lipinski definition) is 5. The molecule has 0 radical (unpaired) electrons. The summed E-state index contributed by atoms with van der Waals surface area (Å²) in [4.78, 5) is 3.97. The van der Waals surface area contributed by atoms with Crippen LogP contribution in [0.1, 0.15) is 25.2 Å². The minimum atomic E-state index is -3.35. The molecular weight excluding hydrogens is 202 g/mol. The molecule has 0 unspecified atom stereocenters. The number of rotatable bonds is 3. The van der Waals surface area contributed by atoms with Crippen molar-refractivity contribution in [2.75, 3.05) is 6.26 Å². The third kappa shape index (κ3) is 2.25. The predicted octanol–water partition coefficient (Wildman–Crippen LogP) is 0.400. The summed E-state index contributed by atoms with van der Waals surface area (Å²) in [6, 6.07) is 0. The van der Waals surface area contributed by atoms with Crippen molar-refractivity contribution in [2.24, 2.45) is 0 Å². The lowest BCUT2D eigenvalue weighted by atomic mass is 10.2. The maximum atomic E-state index is 11.1. The molecule has 0 bridgehead atoms. The van der Waals surface area contributed by atoms with Gasteiger partial charge in [-0.2, -0.15) is 5.10 Å². The molecule has 78 valence electrons. The van der Waals surface area contributed by atoms with E-state index in [1.807, 2.05) is 13.8 Å². The van der Waals surface area contributed by atoms with E-state index in [1.165, 1.54) is 0 Å². The number of aromatic nitrogens is 3. The lowest BCUT2D eigenvalue weighted by Gasteiger charge is -2.03. The van der Waals surface area contributed by atoms with Crippen LogP contribution in [0, 0.1) is 0 Å². The van der Waals surface area contributed by atoms with E-state index < -0.39 is 9.84 Å². The number of hydrogen-bond donors (Lipinski definition) is 0. The van der Waals surface area contributed by atoms with Crippen molar-refractivity contribution in [1.29, 1.82) is 0 Å². The van der Waals surface area contributed by atoms with Crippen molar-refractivity contribution >= 4 is 9.84 Å². The van der Waals surface area contributed by atoms with Crippen molar-refractivity contribution in [3.05, 3.63) is 11.4 Å². The molecule has 14 heavy (non-hydrogen) atoms. The van der Waals surface area contributed by atoms with Crippen LogP contribution in [-0.4, -0.2) is 29.9 Å². The molecule has 0 saturated heterocycles. The Morgan fingerprint density at radius 1 is 1.07 bits per heavy atom. The maximum Gasteiger partial charge on any atom is 0.267 e. The molecule has 1 heterocycles. The highest BCUT2D eigenvalue weighted by Crippen LogP contribution is 2.07. The van der Waals surface area contributed by atoms with Gasteiger partial charge in [0.05, 0.1) is 11.4 Å². The highest BCUT2D eigenvalue weighted by Gasteiger charge is 2.14. The summed E-state index contributed by atoms with van der Waals surface area (Å²) in [5.74, 6) is 0. The normalized spacial score (nSPS) is 11.6. The van der Waals surface area contributed by atoms with Crippen LogP contribution < -0.4 is 0 Å². The summed E-state index contributed by atoms with van der Waals surface area (Å²) in [7, 11) is -3.35. The Hall–Kier alpha value is -1.04. The lowest BCUT2D eigenvalue weighted by molar-refractivity contribution is 0.585. The van der Waals surface area contributed by atoms with Crippen molar-refractivity contribution in [1.82, 2.24) is 15.2 Å². The molecule has 0 spiro atoms. The molecule has 0 fully saturated rings. The van der Waals surface area contributed by atoms with Gasteiger partial charge in [0.15, 0.2) is 0 Å². The van der Waals surface area contributed by atoms with Crippen molar-refractivity contribution in [3.8, 4) is 0 Å². The average Bonchev–Trinajstić information content (AvgIpc) is 2.15. The SMILES string of the molecule is CCc1nnc(S(C)(=O)=O)nc1CC. The molecule has 6 heteroatoms. The minimum Gasteiger partial charge on any atom is -0.221 e. The first-order valence-electron chi connectivity index (χ1n) is 4.41. The van der Waals surface area contributed by atoms with Gasteiger partial charge in [0.25, 0.3) is 5.16 Å². The second-order valence-electron chi connectivity index (χ2n) is 2.97. The standard InChI is InChI=1S/C8H13N3O2S/c1-4-6-7(5-2)10-11-8(9-6)14(3,12)13/h4-5H2,1-3H3. The molecule has 0 aliphatic rings. The Balaban J connectivity index is 3.28. The first-order valence-corrected chi connectivity index (χ1v) is 6.30. The average molecular weight is 215 g/mol. The van der Waals surface area contributed by atoms with Crippen LogP contribution in [0.15, 0.2) is 5.16 Å². The summed E-state index contributed by atoms with van der Waals surface area (Å²) in [6.45, 7) is 3.85. The van der Waals surface area contributed by atoms with Crippen molar-refractivity contribution in [3.63, 3.8) is 0 Å². The molecule has 0 aliphatic carbocycles. The van der Waals surface area contributed by atoms with E-state index in [-0.39, 0.29) is 5.16 Å². The Bertz CT molecular complexity index is 428. The number of sulfone groups is 1. The number of aryl methyl sites for hydroxylation is 2. The third-order valence-corrected chi connectivity index (χ3v) is 2.66. The molecular formula is C8H13N3O2S. The summed E-state index contributed by atoms with van der Waals surface area (Å²) in [5.41, 5.74) is 1.47. The fraction of sp³-hybridized carbons (Fsp3) is 0.625. The zero-order chi connectivity index (χ0) is 10.8. The monoisotopic (exact) mass is 215 g/mol. The van der Waals surface area contributed by atoms with Crippen LogP contribution in [-0.2, 0) is 22.7 Å². The molecule has 1 aromatic rings. The Morgan fingerprint density at radius 2 is 1.64 bits per heavy atom. The molecule has 0 saturated carbocycles. The van der Waals surface area contributed by atoms with Gasteiger partial charge >= 0.3 is 0 Å². The van der Waals surface area contributed by atoms with E-state index in [0.717, 1.165) is 11.9 Å². The van der Waals surface area contributed by atoms with Gasteiger partial charge in [0.1, 0.15) is 0 Å².